The molecule has 0 aromatic rings. The fourth-order valence-corrected chi connectivity index (χ4v) is 352. The molecule has 0 spiro atoms. The van der Waals surface area contributed by atoms with Crippen molar-refractivity contribution in [3.05, 3.63) is 0 Å². The summed E-state index contributed by atoms with van der Waals surface area (Å²) < 4.78 is 0. The van der Waals surface area contributed by atoms with Gasteiger partial charge in [0.15, 0.2) is 0 Å². The van der Waals surface area contributed by atoms with E-state index in [1.165, 1.54) is 0 Å². The second-order valence-corrected chi connectivity index (χ2v) is 116. The second kappa shape index (κ2) is 21.7. The molecule has 0 bridgehead atoms. The lowest BCUT2D eigenvalue weighted by Crippen LogP contribution is -1.63. The highest BCUT2D eigenvalue weighted by Gasteiger charge is 2.48. The zero-order valence-electron chi connectivity index (χ0n) is 14.4. The molecule has 0 saturated heterocycles. The molecule has 28 heteroatoms. The van der Waals surface area contributed by atoms with Gasteiger partial charge >= 0.3 is 0 Å². The predicted molar refractivity (Wildman–Crippen MR) is 234 cm³/mol. The van der Waals surface area contributed by atoms with Gasteiger partial charge in [-0.05, 0) is 76.9 Å². The molecule has 28 heavy (non-hydrogen) atoms. The summed E-state index contributed by atoms with van der Waals surface area (Å²) in [7, 11) is 49.7. The van der Waals surface area contributed by atoms with E-state index in [2.05, 4.69) is 134 Å². The Labute approximate surface area is 222 Å². The molecule has 0 amide bonds. The van der Waals surface area contributed by atoms with E-state index in [4.69, 9.17) is 0 Å². The van der Waals surface area contributed by atoms with Gasteiger partial charge in [-0.3, -0.25) is 0 Å². The third-order valence-electron chi connectivity index (χ3n) is 2.28. The van der Waals surface area contributed by atoms with Gasteiger partial charge in [-0.2, -0.15) is 0 Å². The Morgan fingerprint density at radius 1 is 0.321 bits per heavy atom. The average molecular weight is 897 g/mol. The van der Waals surface area contributed by atoms with E-state index in [-0.39, 0.29) is 90.8 Å². The second-order valence-electron chi connectivity index (χ2n) is 4.29. The van der Waals surface area contributed by atoms with Crippen molar-refractivity contribution in [1.82, 2.24) is 0 Å². The molecule has 0 aliphatic carbocycles. The van der Waals surface area contributed by atoms with Crippen LogP contribution in [0.3, 0.4) is 0 Å². The van der Waals surface area contributed by atoms with Gasteiger partial charge in [0.05, 0.1) is 0 Å². The van der Waals surface area contributed by atoms with Gasteiger partial charge in [-0.1, -0.05) is 6.99 Å². The molecular weight excluding hydrogens is 867 g/mol. The SMILES string of the molecule is [PH-]P(P)P(P)P(P(P(P)P)P(P)P)P(P(P(P)P)P(P)P)P(P(P)P)P(P)P. The van der Waals surface area contributed by atoms with Crippen LogP contribution in [-0.2, 0) is 0 Å². The fourth-order valence-electron chi connectivity index (χ4n) is 1.45. The minimum absolute atomic E-state index is 0.0312. The van der Waals surface area contributed by atoms with E-state index < -0.39 is 0 Å². The maximum absolute atomic E-state index is 4.13. The van der Waals surface area contributed by atoms with Crippen LogP contribution in [0.15, 0.2) is 0 Å². The van der Waals surface area contributed by atoms with Gasteiger partial charge in [0, 0.05) is 0 Å². The van der Waals surface area contributed by atoms with Crippen LogP contribution in [0.2, 0.25) is 0 Å². The first-order valence-corrected chi connectivity index (χ1v) is 56.1. The van der Waals surface area contributed by atoms with Gasteiger partial charge in [-0.15, -0.1) is 125 Å². The molecule has 0 rings (SSSR count). The maximum atomic E-state index is 4.13. The third-order valence-corrected chi connectivity index (χ3v) is 185. The highest BCUT2D eigenvalue weighted by molar-refractivity contribution is 9.42. The monoisotopic (exact) mass is 896 g/mol. The van der Waals surface area contributed by atoms with Crippen molar-refractivity contribution in [1.29, 1.82) is 0 Å². The highest BCUT2D eigenvalue weighted by atomic mass is 33.5. The van der Waals surface area contributed by atoms with E-state index in [0.717, 1.165) is 0 Å². The van der Waals surface area contributed by atoms with E-state index in [1.54, 1.807) is 0 Å². The molecule has 0 N–H and O–H groups in total. The first-order valence-electron chi connectivity index (χ1n) is 6.24. The van der Waals surface area contributed by atoms with Crippen molar-refractivity contribution in [2.75, 3.05) is 0 Å². The topological polar surface area (TPSA) is 0 Å². The van der Waals surface area contributed by atoms with Crippen LogP contribution in [0.4, 0.5) is 0 Å². The number of hydrogen-bond acceptors (Lipinski definition) is 0. The van der Waals surface area contributed by atoms with Crippen molar-refractivity contribution < 1.29 is 0 Å². The Kier molecular flexibility index (Phi) is 31.0. The predicted octanol–water partition coefficient (Wildman–Crippen LogP) is 16.4. The summed E-state index contributed by atoms with van der Waals surface area (Å²) in [5, 5.41) is 0. The lowest BCUT2D eigenvalue weighted by atomic mass is 28.5. The van der Waals surface area contributed by atoms with Crippen LogP contribution in [0, 0.1) is 0 Å². The quantitative estimate of drug-likeness (QED) is 0.171. The zero-order chi connectivity index (χ0) is 22.5. The van der Waals surface area contributed by atoms with Crippen LogP contribution < -0.4 is 0 Å². The highest BCUT2D eigenvalue weighted by Crippen LogP contribution is 3.37. The summed E-state index contributed by atoms with van der Waals surface area (Å²) >= 11 is 0. The van der Waals surface area contributed by atoms with Gasteiger partial charge in [0.25, 0.3) is 0 Å². The van der Waals surface area contributed by atoms with E-state index in [9.17, 15) is 0 Å². The van der Waals surface area contributed by atoms with Crippen molar-refractivity contribution in [2.45, 2.75) is 0 Å². The van der Waals surface area contributed by atoms with Gasteiger partial charge in [-0.25, -0.2) is 6.99 Å². The number of hydrogen-bond donors (Lipinski definition) is 0. The molecule has 0 heterocycles. The Balaban J connectivity index is 6.81. The summed E-state index contributed by atoms with van der Waals surface area (Å²) in [5.74, 6) is 0. The van der Waals surface area contributed by atoms with Gasteiger partial charge in [0.2, 0.25) is 0 Å². The molecule has 17 atom stereocenters. The van der Waals surface area contributed by atoms with E-state index >= 15 is 0 Å². The first kappa shape index (κ1) is 40.0. The van der Waals surface area contributed by atoms with Gasteiger partial charge < -0.3 is 8.93 Å². The van der Waals surface area contributed by atoms with Crippen LogP contribution in [0.1, 0.15) is 0 Å². The van der Waals surface area contributed by atoms with Crippen LogP contribution in [-0.4, -0.2) is 0 Å². The Bertz CT molecular complexity index is 354. The molecule has 0 radical (unpaired) electrons. The van der Waals surface area contributed by atoms with Crippen molar-refractivity contribution in [3.63, 3.8) is 0 Å². The van der Waals surface area contributed by atoms with Crippen molar-refractivity contribution in [3.8, 4) is 0 Å². The van der Waals surface area contributed by atoms with Crippen molar-refractivity contribution in [2.24, 2.45) is 0 Å². The molecule has 0 aliphatic rings. The van der Waals surface area contributed by atoms with Crippen LogP contribution in [0.25, 0.3) is 0 Å². The summed E-state index contributed by atoms with van der Waals surface area (Å²) in [5.41, 5.74) is 0. The zero-order valence-corrected chi connectivity index (χ0v) is 43.2. The molecule has 17 unspecified atom stereocenters. The molecule has 0 saturated carbocycles. The summed E-state index contributed by atoms with van der Waals surface area (Å²) in [6.07, 6.45) is 0. The molecule has 0 aliphatic heterocycles. The van der Waals surface area contributed by atoms with Gasteiger partial charge in [0.1, 0.15) is 0 Å². The minimum atomic E-state index is -0.152. The molecule has 0 aromatic heterocycles. The largest absolute Gasteiger partial charge is 0.516 e. The standard InChI is InChI=1S/H29P28/c1-16(2)23(15)27(24(17(3)4)18(5)6)28(25(19(7)8)20(9)10)26(21(11)12)22(13)14/h1H,2-15H2/q-1. The molecule has 0 fully saturated rings. The molecule has 0 aromatic carbocycles. The van der Waals surface area contributed by atoms with Crippen LogP contribution >= 0.6 is 225 Å². The Hall–Kier alpha value is 12.0. The summed E-state index contributed by atoms with van der Waals surface area (Å²) in [6.45, 7) is -0.315. The van der Waals surface area contributed by atoms with E-state index in [0.29, 0.717) is 0 Å². The fraction of sp³-hybridized carbons (Fsp3) is 0. The lowest BCUT2D eigenvalue weighted by Gasteiger charge is -2.52. The third kappa shape index (κ3) is 14.5. The Morgan fingerprint density at radius 3 is 0.714 bits per heavy atom. The average Bonchev–Trinajstić information content (AvgIpc) is 2.48. The molecule has 0 nitrogen and oxygen atoms in total. The van der Waals surface area contributed by atoms with Crippen LogP contribution in [0.5, 0.6) is 0 Å². The molecule has 170 valence electrons. The summed E-state index contributed by atoms with van der Waals surface area (Å²) in [4.78, 5) is 0. The lowest BCUT2D eigenvalue weighted by molar-refractivity contribution is 4.43. The Morgan fingerprint density at radius 2 is 0.536 bits per heavy atom. The normalized spacial score (nSPS) is 17.0. The summed E-state index contributed by atoms with van der Waals surface area (Å²) in [6, 6.07) is 0. The smallest absolute Gasteiger partial charge is 0.000478 e. The first-order chi connectivity index (χ1) is 12.7. The van der Waals surface area contributed by atoms with E-state index in [1.807, 2.05) is 0 Å². The molecular formula is H29P28-. The maximum Gasteiger partial charge on any atom is -0.000478 e. The minimum Gasteiger partial charge on any atom is -0.516 e. The number of rotatable bonds is 12. The van der Waals surface area contributed by atoms with Crippen molar-refractivity contribution >= 4 is 225 Å².